The molecular formula is C10H19N3OS. The number of amides is 1. The van der Waals surface area contributed by atoms with Crippen LogP contribution >= 0.6 is 12.2 Å². The summed E-state index contributed by atoms with van der Waals surface area (Å²) < 4.78 is 0. The smallest absolute Gasteiger partial charge is 0.244 e. The summed E-state index contributed by atoms with van der Waals surface area (Å²) in [6.45, 7) is 4.49. The van der Waals surface area contributed by atoms with Gasteiger partial charge in [-0.15, -0.1) is 0 Å². The standard InChI is InChI=1S/C10H19N3OS/c1-4-13(3)9(14)7(2)11-10(15)12-8-5-6-8/h7-8H,4-6H2,1-3H3,(H2,11,12,15). The lowest BCUT2D eigenvalue weighted by Gasteiger charge is -2.21. The topological polar surface area (TPSA) is 44.4 Å². The second kappa shape index (κ2) is 5.30. The van der Waals surface area contributed by atoms with Crippen LogP contribution < -0.4 is 10.6 Å². The van der Waals surface area contributed by atoms with Gasteiger partial charge in [-0.3, -0.25) is 4.79 Å². The summed E-state index contributed by atoms with van der Waals surface area (Å²) in [5.74, 6) is 0.0671. The largest absolute Gasteiger partial charge is 0.360 e. The molecule has 5 heteroatoms. The van der Waals surface area contributed by atoms with Crippen LogP contribution in [0.15, 0.2) is 0 Å². The van der Waals surface area contributed by atoms with E-state index in [0.717, 1.165) is 0 Å². The van der Waals surface area contributed by atoms with Crippen molar-refractivity contribution in [1.29, 1.82) is 0 Å². The summed E-state index contributed by atoms with van der Waals surface area (Å²) in [4.78, 5) is 13.4. The third-order valence-corrected chi connectivity index (χ3v) is 2.72. The highest BCUT2D eigenvalue weighted by atomic mass is 32.1. The average Bonchev–Trinajstić information content (AvgIpc) is 2.98. The Bertz CT molecular complexity index is 253. The summed E-state index contributed by atoms with van der Waals surface area (Å²) in [7, 11) is 1.79. The summed E-state index contributed by atoms with van der Waals surface area (Å²) in [5.41, 5.74) is 0. The first kappa shape index (κ1) is 12.2. The molecule has 1 amide bonds. The molecule has 1 unspecified atom stereocenters. The zero-order chi connectivity index (χ0) is 11.4. The van der Waals surface area contributed by atoms with Crippen molar-refractivity contribution in [2.75, 3.05) is 13.6 Å². The number of nitrogens with one attached hydrogen (secondary N) is 2. The monoisotopic (exact) mass is 229 g/mol. The molecule has 15 heavy (non-hydrogen) atoms. The van der Waals surface area contributed by atoms with Crippen molar-refractivity contribution in [2.45, 2.75) is 38.8 Å². The number of hydrogen-bond acceptors (Lipinski definition) is 2. The molecule has 1 saturated carbocycles. The van der Waals surface area contributed by atoms with Gasteiger partial charge in [0.25, 0.3) is 0 Å². The molecule has 0 radical (unpaired) electrons. The second-order valence-electron chi connectivity index (χ2n) is 3.97. The molecule has 4 nitrogen and oxygen atoms in total. The Balaban J connectivity index is 2.29. The van der Waals surface area contributed by atoms with Crippen molar-refractivity contribution in [1.82, 2.24) is 15.5 Å². The molecule has 0 heterocycles. The van der Waals surface area contributed by atoms with Crippen molar-refractivity contribution in [3.05, 3.63) is 0 Å². The Kier molecular flexibility index (Phi) is 4.32. The zero-order valence-electron chi connectivity index (χ0n) is 9.54. The van der Waals surface area contributed by atoms with Gasteiger partial charge in [0.1, 0.15) is 6.04 Å². The van der Waals surface area contributed by atoms with Crippen molar-refractivity contribution in [3.8, 4) is 0 Å². The lowest BCUT2D eigenvalue weighted by Crippen LogP contribution is -2.49. The first-order chi connectivity index (χ1) is 7.04. The maximum Gasteiger partial charge on any atom is 0.244 e. The van der Waals surface area contributed by atoms with E-state index in [1.54, 1.807) is 11.9 Å². The molecule has 0 saturated heterocycles. The maximum absolute atomic E-state index is 11.7. The lowest BCUT2D eigenvalue weighted by atomic mass is 10.3. The van der Waals surface area contributed by atoms with Crippen molar-refractivity contribution >= 4 is 23.2 Å². The Hall–Kier alpha value is -0.840. The predicted molar refractivity (Wildman–Crippen MR) is 64.7 cm³/mol. The van der Waals surface area contributed by atoms with Gasteiger partial charge in [-0.1, -0.05) is 0 Å². The fourth-order valence-corrected chi connectivity index (χ4v) is 1.54. The number of carbonyl (C=O) groups is 1. The molecule has 86 valence electrons. The molecule has 1 aliphatic carbocycles. The lowest BCUT2D eigenvalue weighted by molar-refractivity contribution is -0.131. The highest BCUT2D eigenvalue weighted by molar-refractivity contribution is 7.80. The van der Waals surface area contributed by atoms with Crippen LogP contribution in [0.1, 0.15) is 26.7 Å². The summed E-state index contributed by atoms with van der Waals surface area (Å²) >= 11 is 5.10. The van der Waals surface area contributed by atoms with Crippen LogP contribution in [0.25, 0.3) is 0 Å². The third-order valence-electron chi connectivity index (χ3n) is 2.48. The Morgan fingerprint density at radius 1 is 1.60 bits per heavy atom. The molecule has 0 bridgehead atoms. The minimum Gasteiger partial charge on any atom is -0.360 e. The minimum atomic E-state index is -0.256. The van der Waals surface area contributed by atoms with E-state index in [-0.39, 0.29) is 11.9 Å². The van der Waals surface area contributed by atoms with E-state index in [9.17, 15) is 4.79 Å². The van der Waals surface area contributed by atoms with Crippen LogP contribution in [0.3, 0.4) is 0 Å². The highest BCUT2D eigenvalue weighted by Crippen LogP contribution is 2.18. The molecule has 2 N–H and O–H groups in total. The first-order valence-corrected chi connectivity index (χ1v) is 5.77. The SMILES string of the molecule is CCN(C)C(=O)C(C)NC(=S)NC1CC1. The first-order valence-electron chi connectivity index (χ1n) is 5.36. The molecule has 0 aromatic carbocycles. The number of likely N-dealkylation sites (N-methyl/N-ethyl adjacent to an activating group) is 1. The van der Waals surface area contributed by atoms with E-state index in [1.807, 2.05) is 13.8 Å². The molecule has 0 aromatic rings. The highest BCUT2D eigenvalue weighted by Gasteiger charge is 2.23. The Morgan fingerprint density at radius 2 is 2.20 bits per heavy atom. The van der Waals surface area contributed by atoms with Gasteiger partial charge in [0.15, 0.2) is 5.11 Å². The van der Waals surface area contributed by atoms with Gasteiger partial charge in [0.2, 0.25) is 5.91 Å². The van der Waals surface area contributed by atoms with E-state index in [2.05, 4.69) is 10.6 Å². The zero-order valence-corrected chi connectivity index (χ0v) is 10.4. The van der Waals surface area contributed by atoms with Crippen LogP contribution in [-0.4, -0.2) is 41.6 Å². The molecule has 1 fully saturated rings. The van der Waals surface area contributed by atoms with Crippen molar-refractivity contribution in [2.24, 2.45) is 0 Å². The van der Waals surface area contributed by atoms with Crippen LogP contribution in [-0.2, 0) is 4.79 Å². The van der Waals surface area contributed by atoms with Gasteiger partial charge >= 0.3 is 0 Å². The summed E-state index contributed by atoms with van der Waals surface area (Å²) in [5, 5.41) is 6.73. The fourth-order valence-electron chi connectivity index (χ4n) is 1.20. The van der Waals surface area contributed by atoms with Gasteiger partial charge in [0, 0.05) is 19.6 Å². The maximum atomic E-state index is 11.7. The van der Waals surface area contributed by atoms with Crippen molar-refractivity contribution in [3.63, 3.8) is 0 Å². The normalized spacial score (nSPS) is 16.7. The number of nitrogens with zero attached hydrogens (tertiary/aromatic N) is 1. The van der Waals surface area contributed by atoms with Gasteiger partial charge < -0.3 is 15.5 Å². The number of thiocarbonyl (C=S) groups is 1. The molecule has 1 aliphatic rings. The predicted octanol–water partition coefficient (Wildman–Crippen LogP) is 0.480. The number of rotatable bonds is 4. The van der Waals surface area contributed by atoms with E-state index < -0.39 is 0 Å². The van der Waals surface area contributed by atoms with E-state index in [0.29, 0.717) is 17.7 Å². The van der Waals surface area contributed by atoms with Gasteiger partial charge in [-0.2, -0.15) is 0 Å². The second-order valence-corrected chi connectivity index (χ2v) is 4.37. The molecular weight excluding hydrogens is 210 g/mol. The minimum absolute atomic E-state index is 0.0671. The summed E-state index contributed by atoms with van der Waals surface area (Å²) in [6.07, 6.45) is 2.36. The quantitative estimate of drug-likeness (QED) is 0.688. The van der Waals surface area contributed by atoms with E-state index in [1.165, 1.54) is 12.8 Å². The van der Waals surface area contributed by atoms with Crippen LogP contribution in [0.5, 0.6) is 0 Å². The molecule has 1 rings (SSSR count). The molecule has 1 atom stereocenters. The van der Waals surface area contributed by atoms with Crippen molar-refractivity contribution < 1.29 is 4.79 Å². The third kappa shape index (κ3) is 4.03. The van der Waals surface area contributed by atoms with Crippen LogP contribution in [0, 0.1) is 0 Å². The van der Waals surface area contributed by atoms with E-state index >= 15 is 0 Å². The van der Waals surface area contributed by atoms with Gasteiger partial charge in [-0.05, 0) is 38.9 Å². The molecule has 0 aliphatic heterocycles. The fraction of sp³-hybridized carbons (Fsp3) is 0.800. The average molecular weight is 229 g/mol. The number of carbonyl (C=O) groups excluding carboxylic acids is 1. The Labute approximate surface area is 96.4 Å². The molecule has 0 aromatic heterocycles. The van der Waals surface area contributed by atoms with Gasteiger partial charge in [0.05, 0.1) is 0 Å². The van der Waals surface area contributed by atoms with Crippen LogP contribution in [0.4, 0.5) is 0 Å². The number of hydrogen-bond donors (Lipinski definition) is 2. The van der Waals surface area contributed by atoms with E-state index in [4.69, 9.17) is 12.2 Å². The van der Waals surface area contributed by atoms with Crippen LogP contribution in [0.2, 0.25) is 0 Å². The molecule has 0 spiro atoms. The van der Waals surface area contributed by atoms with Gasteiger partial charge in [-0.25, -0.2) is 0 Å². The Morgan fingerprint density at radius 3 is 2.67 bits per heavy atom. The summed E-state index contributed by atoms with van der Waals surface area (Å²) in [6, 6.07) is 0.268.